The summed E-state index contributed by atoms with van der Waals surface area (Å²) in [5.41, 5.74) is 4.98. The summed E-state index contributed by atoms with van der Waals surface area (Å²) in [4.78, 5) is 8.80. The number of nitrogens with one attached hydrogen (secondary N) is 1. The van der Waals surface area contributed by atoms with Crippen LogP contribution in [0.5, 0.6) is 5.75 Å². The van der Waals surface area contributed by atoms with Gasteiger partial charge in [-0.2, -0.15) is 0 Å². The molecular weight excluding hydrogens is 163 g/mol. The first kappa shape index (κ1) is 8.27. The molecule has 1 unspecified atom stereocenters. The molecule has 60 valence electrons. The Kier molecular flexibility index (Phi) is 2.29. The van der Waals surface area contributed by atoms with Crippen molar-refractivity contribution in [2.24, 2.45) is 5.50 Å². The van der Waals surface area contributed by atoms with Gasteiger partial charge in [0.1, 0.15) is 5.75 Å². The van der Waals surface area contributed by atoms with E-state index in [0.717, 1.165) is 0 Å². The molecule has 5 heteroatoms. The predicted molar refractivity (Wildman–Crippen MR) is 43.1 cm³/mol. The Hall–Kier alpha value is -0.830. The van der Waals surface area contributed by atoms with Crippen LogP contribution in [0.4, 0.5) is 0 Å². The van der Waals surface area contributed by atoms with Crippen molar-refractivity contribution in [2.75, 3.05) is 0 Å². The van der Waals surface area contributed by atoms with Crippen LogP contribution in [0.2, 0.25) is 0 Å². The molecular formula is C6H9N2O2P. The molecule has 4 N–H and O–H groups in total. The highest BCUT2D eigenvalue weighted by atomic mass is 31.2. The quantitative estimate of drug-likeness (QED) is 0.592. The van der Waals surface area contributed by atoms with E-state index in [4.69, 9.17) is 20.1 Å². The van der Waals surface area contributed by atoms with E-state index in [-0.39, 0.29) is 0 Å². The number of rotatable bonds is 2. The first-order valence-corrected chi connectivity index (χ1v) is 4.71. The molecule has 1 aromatic rings. The summed E-state index contributed by atoms with van der Waals surface area (Å²) in [5.74, 6) is 0.417. The minimum Gasteiger partial charge on any atom is -0.428 e. The van der Waals surface area contributed by atoms with Gasteiger partial charge >= 0.3 is 7.66 Å². The Labute approximate surface area is 64.7 Å². The van der Waals surface area contributed by atoms with Crippen molar-refractivity contribution in [3.05, 3.63) is 30.3 Å². The van der Waals surface area contributed by atoms with E-state index < -0.39 is 7.66 Å². The summed E-state index contributed by atoms with van der Waals surface area (Å²) in [6, 6.07) is 8.56. The lowest BCUT2D eigenvalue weighted by Gasteiger charge is -2.09. The topological polar surface area (TPSA) is 79.3 Å². The molecule has 1 aromatic carbocycles. The van der Waals surface area contributed by atoms with Gasteiger partial charge in [0.2, 0.25) is 0 Å². The van der Waals surface area contributed by atoms with Crippen molar-refractivity contribution in [1.82, 2.24) is 0 Å². The molecule has 0 aliphatic carbocycles. The van der Waals surface area contributed by atoms with Gasteiger partial charge in [0.05, 0.1) is 0 Å². The van der Waals surface area contributed by atoms with E-state index in [0.29, 0.717) is 5.75 Å². The van der Waals surface area contributed by atoms with Crippen LogP contribution in [0.15, 0.2) is 30.3 Å². The third kappa shape index (κ3) is 3.18. The third-order valence-corrected chi connectivity index (χ3v) is 1.48. The van der Waals surface area contributed by atoms with Crippen LogP contribution < -0.4 is 10.0 Å². The number of benzene rings is 1. The summed E-state index contributed by atoms with van der Waals surface area (Å²) in [7, 11) is -3.39. The molecule has 0 radical (unpaired) electrons. The largest absolute Gasteiger partial charge is 0.428 e. The van der Waals surface area contributed by atoms with E-state index in [1.807, 2.05) is 6.07 Å². The Bertz CT molecular complexity index is 269. The summed E-state index contributed by atoms with van der Waals surface area (Å²) in [5, 5.41) is 6.89. The zero-order chi connectivity index (χ0) is 8.32. The zero-order valence-electron chi connectivity index (χ0n) is 5.77. The Morgan fingerprint density at radius 2 is 1.91 bits per heavy atom. The summed E-state index contributed by atoms with van der Waals surface area (Å²) in [6.07, 6.45) is 0. The van der Waals surface area contributed by atoms with Gasteiger partial charge in [-0.3, -0.25) is 0 Å². The highest BCUT2D eigenvalue weighted by molar-refractivity contribution is 7.51. The van der Waals surface area contributed by atoms with Crippen molar-refractivity contribution in [1.29, 1.82) is 5.16 Å². The number of hydrogen-bond donors (Lipinski definition) is 3. The fourth-order valence-electron chi connectivity index (χ4n) is 0.642. The minimum absolute atomic E-state index is 0.417. The highest BCUT2D eigenvalue weighted by Crippen LogP contribution is 2.33. The van der Waals surface area contributed by atoms with Crippen molar-refractivity contribution >= 4 is 7.66 Å². The monoisotopic (exact) mass is 172 g/mol. The Balaban J connectivity index is 2.74. The summed E-state index contributed by atoms with van der Waals surface area (Å²) in [6.45, 7) is 0. The van der Waals surface area contributed by atoms with Crippen LogP contribution >= 0.6 is 7.66 Å². The maximum Gasteiger partial charge on any atom is 0.332 e. The van der Waals surface area contributed by atoms with E-state index in [1.54, 1.807) is 24.3 Å². The molecule has 0 saturated carbocycles. The lowest BCUT2D eigenvalue weighted by molar-refractivity contribution is 0.468. The Morgan fingerprint density at radius 3 is 2.36 bits per heavy atom. The number of para-hydroxylation sites is 1. The molecule has 0 saturated heterocycles. The molecule has 0 aliphatic rings. The van der Waals surface area contributed by atoms with Crippen LogP contribution in [0.1, 0.15) is 0 Å². The highest BCUT2D eigenvalue weighted by Gasteiger charge is 2.05. The predicted octanol–water partition coefficient (Wildman–Crippen LogP) is 1.54. The molecule has 0 bridgehead atoms. The van der Waals surface area contributed by atoms with Gasteiger partial charge in [-0.05, 0) is 12.1 Å². The molecule has 0 spiro atoms. The fourth-order valence-corrected chi connectivity index (χ4v) is 1.09. The summed E-state index contributed by atoms with van der Waals surface area (Å²) < 4.78 is 4.71. The normalized spacial score (nSPS) is 15.5. The van der Waals surface area contributed by atoms with Gasteiger partial charge in [-0.25, -0.2) is 10.7 Å². The van der Waals surface area contributed by atoms with Gasteiger partial charge in [-0.1, -0.05) is 18.2 Å². The van der Waals surface area contributed by atoms with E-state index in [9.17, 15) is 0 Å². The average Bonchev–Trinajstić information content (AvgIpc) is 1.85. The molecule has 0 fully saturated rings. The standard InChI is InChI=1S/C6H9N2O2P/c7-11(8,9)10-6-4-2-1-3-5-6/h1-5H,(H4,7,8,9). The van der Waals surface area contributed by atoms with Crippen LogP contribution in [0.3, 0.4) is 0 Å². The van der Waals surface area contributed by atoms with Gasteiger partial charge in [0, 0.05) is 0 Å². The summed E-state index contributed by atoms with van der Waals surface area (Å²) >= 11 is 0. The lowest BCUT2D eigenvalue weighted by atomic mass is 10.3. The smallest absolute Gasteiger partial charge is 0.332 e. The van der Waals surface area contributed by atoms with Crippen molar-refractivity contribution in [3.8, 4) is 5.75 Å². The van der Waals surface area contributed by atoms with E-state index in [1.165, 1.54) is 0 Å². The van der Waals surface area contributed by atoms with Gasteiger partial charge < -0.3 is 9.42 Å². The van der Waals surface area contributed by atoms with Crippen LogP contribution in [0.25, 0.3) is 0 Å². The number of nitrogens with two attached hydrogens (primary N) is 1. The number of hydrogen-bond acceptors (Lipinski definition) is 2. The molecule has 11 heavy (non-hydrogen) atoms. The van der Waals surface area contributed by atoms with Crippen LogP contribution in [-0.2, 0) is 0 Å². The molecule has 4 nitrogen and oxygen atoms in total. The fraction of sp³-hybridized carbons (Fsp3) is 0. The van der Waals surface area contributed by atoms with Crippen LogP contribution in [-0.4, -0.2) is 4.89 Å². The molecule has 1 rings (SSSR count). The molecule has 0 heterocycles. The van der Waals surface area contributed by atoms with Crippen LogP contribution in [0, 0.1) is 5.16 Å². The second-order valence-electron chi connectivity index (χ2n) is 2.03. The third-order valence-electron chi connectivity index (χ3n) is 0.988. The Morgan fingerprint density at radius 1 is 1.36 bits per heavy atom. The van der Waals surface area contributed by atoms with Gasteiger partial charge in [-0.15, -0.1) is 0 Å². The zero-order valence-corrected chi connectivity index (χ0v) is 6.66. The molecule has 0 aliphatic heterocycles. The SMILES string of the molecule is N=P(N)(O)Oc1ccccc1. The van der Waals surface area contributed by atoms with Gasteiger partial charge in [0.15, 0.2) is 0 Å². The van der Waals surface area contributed by atoms with Crippen molar-refractivity contribution in [2.45, 2.75) is 0 Å². The van der Waals surface area contributed by atoms with E-state index >= 15 is 0 Å². The average molecular weight is 172 g/mol. The van der Waals surface area contributed by atoms with Gasteiger partial charge in [0.25, 0.3) is 0 Å². The van der Waals surface area contributed by atoms with E-state index in [2.05, 4.69) is 0 Å². The molecule has 1 atom stereocenters. The maximum atomic E-state index is 8.80. The van der Waals surface area contributed by atoms with Crippen molar-refractivity contribution in [3.63, 3.8) is 0 Å². The first-order valence-electron chi connectivity index (χ1n) is 2.98. The van der Waals surface area contributed by atoms with Crippen molar-refractivity contribution < 1.29 is 9.42 Å². The molecule has 0 amide bonds. The second-order valence-corrected chi connectivity index (χ2v) is 3.46. The second kappa shape index (κ2) is 3.05. The minimum atomic E-state index is -3.39. The lowest BCUT2D eigenvalue weighted by Crippen LogP contribution is -1.99. The first-order chi connectivity index (χ1) is 5.08. The maximum absolute atomic E-state index is 8.80. The molecule has 0 aromatic heterocycles.